The van der Waals surface area contributed by atoms with Gasteiger partial charge in [-0.05, 0) is 62.8 Å². The molecule has 0 fully saturated rings. The van der Waals surface area contributed by atoms with E-state index in [4.69, 9.17) is 21.9 Å². The molecule has 242 valence electrons. The van der Waals surface area contributed by atoms with E-state index in [1.807, 2.05) is 84.9 Å². The van der Waals surface area contributed by atoms with Crippen molar-refractivity contribution in [3.8, 4) is 11.1 Å². The number of benzene rings is 3. The normalized spacial score (nSPS) is 14.6. The lowest BCUT2D eigenvalue weighted by atomic mass is 9.83. The van der Waals surface area contributed by atoms with Gasteiger partial charge in [-0.1, -0.05) is 97.1 Å². The fourth-order valence-electron chi connectivity index (χ4n) is 4.46. The molecular formula is C35H46N4O6. The Bertz CT molecular complexity index is 1420. The molecule has 9 N–H and O–H groups in total. The van der Waals surface area contributed by atoms with Gasteiger partial charge < -0.3 is 37.5 Å². The number of hydrogen-bond donors (Lipinski definition) is 6. The van der Waals surface area contributed by atoms with Crippen molar-refractivity contribution >= 4 is 24.0 Å². The zero-order chi connectivity index (χ0) is 33.7. The highest BCUT2D eigenvalue weighted by Crippen LogP contribution is 2.25. The summed E-state index contributed by atoms with van der Waals surface area (Å²) in [6, 6.07) is 26.7. The lowest BCUT2D eigenvalue weighted by molar-refractivity contribution is -0.145. The van der Waals surface area contributed by atoms with E-state index in [2.05, 4.69) is 5.32 Å². The van der Waals surface area contributed by atoms with Crippen molar-refractivity contribution in [1.29, 1.82) is 0 Å². The lowest BCUT2D eigenvalue weighted by Crippen LogP contribution is -2.55. The van der Waals surface area contributed by atoms with Crippen LogP contribution in [0.5, 0.6) is 0 Å². The molecule has 3 aromatic carbocycles. The molecule has 0 aliphatic heterocycles. The SMILES string of the molecule is CC(C)(C)OC(=O)NC[C@@](C)(O)C[C@](N)(CC=Cc1ccccc1)C(=O)O.NC(=O)C(N)Cc1ccccc1-c1ccccc1. The maximum Gasteiger partial charge on any atom is 0.407 e. The number of rotatable bonds is 12. The van der Waals surface area contributed by atoms with E-state index >= 15 is 0 Å². The van der Waals surface area contributed by atoms with Crippen molar-refractivity contribution in [2.45, 2.75) is 69.7 Å². The molecule has 0 aliphatic carbocycles. The quantitative estimate of drug-likeness (QED) is 0.174. The fourth-order valence-corrected chi connectivity index (χ4v) is 4.46. The predicted octanol–water partition coefficient (Wildman–Crippen LogP) is 4.25. The maximum atomic E-state index is 11.7. The van der Waals surface area contributed by atoms with Crippen LogP contribution >= 0.6 is 0 Å². The highest BCUT2D eigenvalue weighted by Gasteiger charge is 2.40. The monoisotopic (exact) mass is 618 g/mol. The molecule has 0 spiro atoms. The molecule has 0 radical (unpaired) electrons. The number of nitrogens with one attached hydrogen (secondary N) is 1. The van der Waals surface area contributed by atoms with E-state index in [1.54, 1.807) is 32.9 Å². The van der Waals surface area contributed by atoms with Crippen LogP contribution in [0.2, 0.25) is 0 Å². The second kappa shape index (κ2) is 16.5. The Labute approximate surface area is 265 Å². The summed E-state index contributed by atoms with van der Waals surface area (Å²) in [6.45, 7) is 6.41. The van der Waals surface area contributed by atoms with Gasteiger partial charge in [-0.25, -0.2) is 4.79 Å². The van der Waals surface area contributed by atoms with Crippen molar-refractivity contribution in [3.63, 3.8) is 0 Å². The highest BCUT2D eigenvalue weighted by atomic mass is 16.6. The Morgan fingerprint density at radius 2 is 1.47 bits per heavy atom. The number of carboxylic acids is 1. The molecule has 0 heterocycles. The molecule has 1 unspecified atom stereocenters. The Morgan fingerprint density at radius 1 is 0.911 bits per heavy atom. The Kier molecular flexibility index (Phi) is 13.5. The molecule has 3 atom stereocenters. The Balaban J connectivity index is 0.000000338. The largest absolute Gasteiger partial charge is 0.480 e. The van der Waals surface area contributed by atoms with Crippen LogP contribution in [0.4, 0.5) is 4.79 Å². The molecule has 0 bridgehead atoms. The van der Waals surface area contributed by atoms with Gasteiger partial charge in [0, 0.05) is 13.0 Å². The minimum Gasteiger partial charge on any atom is -0.480 e. The molecular weight excluding hydrogens is 572 g/mol. The van der Waals surface area contributed by atoms with Gasteiger partial charge >= 0.3 is 12.1 Å². The maximum absolute atomic E-state index is 11.7. The van der Waals surface area contributed by atoms with Gasteiger partial charge in [0.05, 0.1) is 11.6 Å². The number of carbonyl (C=O) groups excluding carboxylic acids is 2. The van der Waals surface area contributed by atoms with Crippen LogP contribution in [-0.4, -0.2) is 57.5 Å². The number of nitrogens with two attached hydrogens (primary N) is 3. The van der Waals surface area contributed by atoms with Crippen molar-refractivity contribution in [3.05, 3.63) is 102 Å². The third kappa shape index (κ3) is 13.3. The molecule has 0 aliphatic rings. The van der Waals surface area contributed by atoms with Crippen molar-refractivity contribution < 1.29 is 29.3 Å². The number of carboxylic acid groups (broad SMARTS) is 1. The van der Waals surface area contributed by atoms with Gasteiger partial charge in [-0.2, -0.15) is 0 Å². The van der Waals surface area contributed by atoms with E-state index in [0.717, 1.165) is 22.3 Å². The Morgan fingerprint density at radius 3 is 2.02 bits per heavy atom. The first-order valence-electron chi connectivity index (χ1n) is 14.6. The summed E-state index contributed by atoms with van der Waals surface area (Å²) in [5.41, 5.74) is 17.3. The van der Waals surface area contributed by atoms with E-state index in [-0.39, 0.29) is 19.4 Å². The summed E-state index contributed by atoms with van der Waals surface area (Å²) in [5.74, 6) is -1.70. The fraction of sp³-hybridized carbons (Fsp3) is 0.343. The average Bonchev–Trinajstić information content (AvgIpc) is 2.96. The number of carbonyl (C=O) groups is 3. The first kappa shape index (κ1) is 36.7. The molecule has 0 saturated carbocycles. The summed E-state index contributed by atoms with van der Waals surface area (Å²) in [6.07, 6.45) is 2.99. The third-order valence-electron chi connectivity index (χ3n) is 6.63. The summed E-state index contributed by atoms with van der Waals surface area (Å²) >= 11 is 0. The molecule has 0 aromatic heterocycles. The van der Waals surface area contributed by atoms with Gasteiger partial charge in [0.25, 0.3) is 0 Å². The van der Waals surface area contributed by atoms with Crippen LogP contribution in [-0.2, 0) is 20.7 Å². The van der Waals surface area contributed by atoms with Crippen molar-refractivity contribution in [1.82, 2.24) is 5.32 Å². The molecule has 0 saturated heterocycles. The zero-order valence-electron chi connectivity index (χ0n) is 26.4. The van der Waals surface area contributed by atoms with Crippen LogP contribution in [0.3, 0.4) is 0 Å². The second-order valence-electron chi connectivity index (χ2n) is 12.2. The van der Waals surface area contributed by atoms with Crippen LogP contribution in [0, 0.1) is 0 Å². The minimum atomic E-state index is -1.68. The highest BCUT2D eigenvalue weighted by molar-refractivity contribution is 5.81. The molecule has 45 heavy (non-hydrogen) atoms. The van der Waals surface area contributed by atoms with E-state index in [9.17, 15) is 24.6 Å². The van der Waals surface area contributed by atoms with Gasteiger partial charge in [0.15, 0.2) is 0 Å². The number of alkyl carbamates (subject to hydrolysis) is 1. The number of aliphatic carboxylic acids is 1. The van der Waals surface area contributed by atoms with Gasteiger partial charge in [0.1, 0.15) is 11.1 Å². The van der Waals surface area contributed by atoms with Crippen LogP contribution in [0.1, 0.15) is 51.7 Å². The Hall–Kier alpha value is -4.51. The number of ether oxygens (including phenoxy) is 1. The molecule has 3 aromatic rings. The van der Waals surface area contributed by atoms with Gasteiger partial charge in [-0.15, -0.1) is 0 Å². The van der Waals surface area contributed by atoms with E-state index < -0.39 is 40.8 Å². The second-order valence-corrected chi connectivity index (χ2v) is 12.2. The van der Waals surface area contributed by atoms with Gasteiger partial charge in [0.2, 0.25) is 5.91 Å². The average molecular weight is 619 g/mol. The lowest BCUT2D eigenvalue weighted by Gasteiger charge is -2.33. The summed E-state index contributed by atoms with van der Waals surface area (Å²) in [4.78, 5) is 34.5. The minimum absolute atomic E-state index is 0.0276. The molecule has 10 nitrogen and oxygen atoms in total. The first-order chi connectivity index (χ1) is 21.0. The van der Waals surface area contributed by atoms with Crippen LogP contribution in [0.15, 0.2) is 91.0 Å². The van der Waals surface area contributed by atoms with Crippen LogP contribution < -0.4 is 22.5 Å². The first-order valence-corrected chi connectivity index (χ1v) is 14.6. The van der Waals surface area contributed by atoms with Crippen LogP contribution in [0.25, 0.3) is 17.2 Å². The standard InChI is InChI=1S/C20H30N2O5.C15H16N2O/c1-18(2,3)27-17(25)22-14-19(4,26)13-20(21,16(23)24)12-8-11-15-9-6-5-7-10-15;16-14(15(17)18)10-12-8-4-5-9-13(12)11-6-2-1-3-7-11/h5-11,26H,12-14,21H2,1-4H3,(H,22,25)(H,23,24);1-9,14H,10,16H2,(H2,17,18)/t19-,20+;/m0./s1. The van der Waals surface area contributed by atoms with E-state index in [0.29, 0.717) is 6.42 Å². The van der Waals surface area contributed by atoms with E-state index in [1.165, 1.54) is 6.92 Å². The summed E-state index contributed by atoms with van der Waals surface area (Å²) in [7, 11) is 0. The molecule has 2 amide bonds. The van der Waals surface area contributed by atoms with Crippen molar-refractivity contribution in [2.24, 2.45) is 17.2 Å². The third-order valence-corrected chi connectivity index (χ3v) is 6.63. The topological polar surface area (TPSA) is 191 Å². The number of primary amides is 1. The summed E-state index contributed by atoms with van der Waals surface area (Å²) in [5, 5.41) is 22.5. The number of aliphatic hydroxyl groups is 1. The van der Waals surface area contributed by atoms with Crippen molar-refractivity contribution in [2.75, 3.05) is 6.54 Å². The zero-order valence-corrected chi connectivity index (χ0v) is 26.4. The number of amides is 2. The summed E-state index contributed by atoms with van der Waals surface area (Å²) < 4.78 is 5.10. The number of hydrogen-bond acceptors (Lipinski definition) is 7. The predicted molar refractivity (Wildman–Crippen MR) is 177 cm³/mol. The molecule has 3 rings (SSSR count). The van der Waals surface area contributed by atoms with Gasteiger partial charge in [-0.3, -0.25) is 9.59 Å². The molecule has 10 heteroatoms. The smallest absolute Gasteiger partial charge is 0.407 e.